The highest BCUT2D eigenvalue weighted by atomic mass is 16.5. The number of ether oxygens (including phenoxy) is 1. The number of hydrogen-bond acceptors (Lipinski definition) is 5. The number of carbonyl (C=O) groups excluding carboxylic acids is 1. The van der Waals surface area contributed by atoms with Gasteiger partial charge in [-0.3, -0.25) is 4.79 Å². The third-order valence-corrected chi connectivity index (χ3v) is 6.56. The number of furan rings is 1. The van der Waals surface area contributed by atoms with E-state index >= 15 is 0 Å². The first-order chi connectivity index (χ1) is 15.2. The van der Waals surface area contributed by atoms with Crippen LogP contribution in [0.4, 0.5) is 0 Å². The maximum absolute atomic E-state index is 12.7. The summed E-state index contributed by atoms with van der Waals surface area (Å²) in [7, 11) is 0. The van der Waals surface area contributed by atoms with Crippen LogP contribution < -0.4 is 5.32 Å². The molecule has 1 aliphatic carbocycles. The molecule has 6 heteroatoms. The van der Waals surface area contributed by atoms with Crippen LogP contribution in [0.2, 0.25) is 0 Å². The van der Waals surface area contributed by atoms with Gasteiger partial charge in [0.1, 0.15) is 5.76 Å². The summed E-state index contributed by atoms with van der Waals surface area (Å²) in [6.07, 6.45) is 5.21. The van der Waals surface area contributed by atoms with Crippen LogP contribution in [0.5, 0.6) is 0 Å². The molecule has 0 amide bonds. The summed E-state index contributed by atoms with van der Waals surface area (Å²) in [5.74, 6) is -0.902. The quantitative estimate of drug-likeness (QED) is 0.703. The molecule has 1 aliphatic heterocycles. The molecule has 2 aromatic rings. The maximum Gasteiger partial charge on any atom is 0.371 e. The fourth-order valence-electron chi connectivity index (χ4n) is 4.71. The Morgan fingerprint density at radius 1 is 1.22 bits per heavy atom. The Morgan fingerprint density at radius 2 is 1.97 bits per heavy atom. The van der Waals surface area contributed by atoms with Crippen molar-refractivity contribution in [2.45, 2.75) is 63.0 Å². The van der Waals surface area contributed by atoms with Crippen LogP contribution in [0.1, 0.15) is 67.5 Å². The van der Waals surface area contributed by atoms with Gasteiger partial charge in [0, 0.05) is 12.5 Å². The third-order valence-electron chi connectivity index (χ3n) is 6.56. The van der Waals surface area contributed by atoms with E-state index in [-0.39, 0.29) is 29.4 Å². The molecule has 4 rings (SSSR count). The first-order valence-corrected chi connectivity index (χ1v) is 11.2. The van der Waals surface area contributed by atoms with Gasteiger partial charge >= 0.3 is 5.97 Å². The number of ketones is 1. The van der Waals surface area contributed by atoms with Gasteiger partial charge in [0.05, 0.1) is 18.1 Å². The molecular formula is C26H31NO5. The number of carboxylic acid groups (broad SMARTS) is 1. The summed E-state index contributed by atoms with van der Waals surface area (Å²) in [6, 6.07) is 11.5. The molecule has 2 N–H and O–H groups in total. The van der Waals surface area contributed by atoms with E-state index < -0.39 is 17.5 Å². The lowest BCUT2D eigenvalue weighted by Crippen LogP contribution is -2.46. The Morgan fingerprint density at radius 3 is 2.56 bits per heavy atom. The van der Waals surface area contributed by atoms with Gasteiger partial charge in [-0.05, 0) is 54.1 Å². The van der Waals surface area contributed by atoms with Crippen LogP contribution in [0.15, 0.2) is 53.0 Å². The minimum absolute atomic E-state index is 0.0147. The summed E-state index contributed by atoms with van der Waals surface area (Å²) in [6.45, 7) is 7.94. The second-order valence-corrected chi connectivity index (χ2v) is 9.82. The van der Waals surface area contributed by atoms with Crippen molar-refractivity contribution in [2.75, 3.05) is 13.2 Å². The number of benzene rings is 1. The molecule has 1 aromatic heterocycles. The van der Waals surface area contributed by atoms with E-state index in [9.17, 15) is 14.7 Å². The fraction of sp³-hybridized carbons (Fsp3) is 0.462. The predicted molar refractivity (Wildman–Crippen MR) is 121 cm³/mol. The van der Waals surface area contributed by atoms with Crippen LogP contribution in [0.25, 0.3) is 0 Å². The zero-order valence-electron chi connectivity index (χ0n) is 18.9. The maximum atomic E-state index is 12.7. The van der Waals surface area contributed by atoms with Gasteiger partial charge in [0.2, 0.25) is 5.76 Å². The van der Waals surface area contributed by atoms with Gasteiger partial charge < -0.3 is 19.6 Å². The summed E-state index contributed by atoms with van der Waals surface area (Å²) < 4.78 is 12.2. The smallest absolute Gasteiger partial charge is 0.371 e. The molecular weight excluding hydrogens is 406 g/mol. The molecule has 2 heterocycles. The average molecular weight is 438 g/mol. The lowest BCUT2D eigenvalue weighted by Gasteiger charge is -2.40. The minimum atomic E-state index is -1.14. The van der Waals surface area contributed by atoms with Crippen LogP contribution in [-0.2, 0) is 20.4 Å². The molecule has 1 aromatic carbocycles. The van der Waals surface area contributed by atoms with Gasteiger partial charge in [0.15, 0.2) is 5.78 Å². The zero-order chi connectivity index (χ0) is 22.9. The normalized spacial score (nSPS) is 25.9. The molecule has 0 radical (unpaired) electrons. The SMILES string of the molecule is CC(C)(C)c1ccc([C@]2(c3ccc(C(=O)O)o3)CC(=O)C=CC2OCC2CCCN2)cc1. The summed E-state index contributed by atoms with van der Waals surface area (Å²) >= 11 is 0. The molecule has 0 spiro atoms. The third kappa shape index (κ3) is 4.30. The highest BCUT2D eigenvalue weighted by molar-refractivity contribution is 5.93. The Bertz CT molecular complexity index is 1010. The van der Waals surface area contributed by atoms with Crippen molar-refractivity contribution in [1.82, 2.24) is 5.32 Å². The van der Waals surface area contributed by atoms with E-state index in [1.807, 2.05) is 12.1 Å². The van der Waals surface area contributed by atoms with E-state index in [2.05, 4.69) is 38.2 Å². The molecule has 3 atom stereocenters. The van der Waals surface area contributed by atoms with Gasteiger partial charge in [-0.2, -0.15) is 0 Å². The Hall–Kier alpha value is -2.70. The zero-order valence-corrected chi connectivity index (χ0v) is 18.9. The molecule has 6 nitrogen and oxygen atoms in total. The van der Waals surface area contributed by atoms with Crippen molar-refractivity contribution in [3.05, 3.63) is 71.2 Å². The molecule has 0 saturated carbocycles. The standard InChI is InChI=1S/C26H31NO5/c1-25(2,3)17-6-8-18(9-7-17)26(23-13-11-21(32-23)24(29)30)15-20(28)10-12-22(26)31-16-19-5-4-14-27-19/h6-13,19,22,27H,4-5,14-16H2,1-3H3,(H,29,30)/t19?,22?,26-/m1/s1. The van der Waals surface area contributed by atoms with Crippen LogP contribution >= 0.6 is 0 Å². The number of aromatic carboxylic acids is 1. The number of nitrogens with one attached hydrogen (secondary N) is 1. The number of carboxylic acids is 1. The van der Waals surface area contributed by atoms with E-state index in [0.717, 1.165) is 24.9 Å². The first-order valence-electron chi connectivity index (χ1n) is 11.2. The van der Waals surface area contributed by atoms with Crippen molar-refractivity contribution in [3.63, 3.8) is 0 Å². The highest BCUT2D eigenvalue weighted by Crippen LogP contribution is 2.44. The summed E-state index contributed by atoms with van der Waals surface area (Å²) in [5.41, 5.74) is 1.10. The molecule has 2 aliphatic rings. The van der Waals surface area contributed by atoms with Crippen molar-refractivity contribution >= 4 is 11.8 Å². The Kier molecular flexibility index (Phi) is 6.10. The van der Waals surface area contributed by atoms with E-state index in [4.69, 9.17) is 9.15 Å². The Labute approximate surface area is 188 Å². The number of rotatable bonds is 6. The van der Waals surface area contributed by atoms with Crippen LogP contribution in [0, 0.1) is 0 Å². The van der Waals surface area contributed by atoms with Crippen LogP contribution in [0.3, 0.4) is 0 Å². The lowest BCUT2D eigenvalue weighted by molar-refractivity contribution is -0.118. The number of hydrogen-bond donors (Lipinski definition) is 2. The van der Waals surface area contributed by atoms with Crippen molar-refractivity contribution in [2.24, 2.45) is 0 Å². The van der Waals surface area contributed by atoms with Crippen LogP contribution in [-0.4, -0.2) is 42.2 Å². The van der Waals surface area contributed by atoms with Crippen molar-refractivity contribution in [3.8, 4) is 0 Å². The second-order valence-electron chi connectivity index (χ2n) is 9.82. The van der Waals surface area contributed by atoms with Crippen molar-refractivity contribution < 1.29 is 23.8 Å². The number of carbonyl (C=O) groups is 2. The molecule has 1 fully saturated rings. The largest absolute Gasteiger partial charge is 0.475 e. The highest BCUT2D eigenvalue weighted by Gasteiger charge is 2.48. The molecule has 170 valence electrons. The fourth-order valence-corrected chi connectivity index (χ4v) is 4.71. The predicted octanol–water partition coefficient (Wildman–Crippen LogP) is 4.23. The Balaban J connectivity index is 1.79. The molecule has 2 unspecified atom stereocenters. The van der Waals surface area contributed by atoms with Gasteiger partial charge in [-0.25, -0.2) is 4.79 Å². The van der Waals surface area contributed by atoms with E-state index in [1.54, 1.807) is 18.2 Å². The van der Waals surface area contributed by atoms with Gasteiger partial charge in [-0.1, -0.05) is 51.1 Å². The van der Waals surface area contributed by atoms with E-state index in [0.29, 0.717) is 12.4 Å². The monoisotopic (exact) mass is 437 g/mol. The number of allylic oxidation sites excluding steroid dienone is 1. The lowest BCUT2D eigenvalue weighted by atomic mass is 9.67. The second kappa shape index (κ2) is 8.68. The summed E-state index contributed by atoms with van der Waals surface area (Å²) in [5, 5.41) is 12.9. The van der Waals surface area contributed by atoms with E-state index in [1.165, 1.54) is 11.6 Å². The van der Waals surface area contributed by atoms with Gasteiger partial charge in [0.25, 0.3) is 0 Å². The summed E-state index contributed by atoms with van der Waals surface area (Å²) in [4.78, 5) is 24.2. The minimum Gasteiger partial charge on any atom is -0.475 e. The average Bonchev–Trinajstić information content (AvgIpc) is 3.44. The topological polar surface area (TPSA) is 88.8 Å². The molecule has 32 heavy (non-hydrogen) atoms. The van der Waals surface area contributed by atoms with Crippen molar-refractivity contribution in [1.29, 1.82) is 0 Å². The molecule has 1 saturated heterocycles. The first kappa shape index (κ1) is 22.5. The van der Waals surface area contributed by atoms with Gasteiger partial charge in [-0.15, -0.1) is 0 Å². The molecule has 0 bridgehead atoms.